The quantitative estimate of drug-likeness (QED) is 0.324. The molecule has 4 rings (SSSR count). The summed E-state index contributed by atoms with van der Waals surface area (Å²) >= 11 is 0. The number of fused-ring (bicyclic) bond motifs is 1. The molecule has 1 saturated heterocycles. The molecule has 0 aliphatic carbocycles. The molecule has 0 bridgehead atoms. The first-order chi connectivity index (χ1) is 17.0. The second-order valence-corrected chi connectivity index (χ2v) is 8.01. The second kappa shape index (κ2) is 11.0. The van der Waals surface area contributed by atoms with Crippen LogP contribution in [0.15, 0.2) is 49.2 Å². The van der Waals surface area contributed by atoms with E-state index in [1.54, 1.807) is 26.5 Å². The molecule has 2 atom stereocenters. The topological polar surface area (TPSA) is 127 Å². The highest BCUT2D eigenvalue weighted by molar-refractivity contribution is 5.95. The maximum Gasteiger partial charge on any atom is 0.243 e. The standard InChI is InChI=1S/C25H29N5O5/c1-4-24(32)29-22-14-35-13-21(22)28-23-11-19-16(12-27-23)9-20(30-25(19)26-5-6-31)15-7-17(33-2)10-18(8-15)34-3/h4,7-12,21-22,31H,1,5-6,13-14H2,2-3H3,(H,26,30)(H,27,28)(H,29,32)/t21-,22+/m1/s1. The van der Waals surface area contributed by atoms with E-state index < -0.39 is 0 Å². The Hall–Kier alpha value is -3.89. The van der Waals surface area contributed by atoms with Crippen molar-refractivity contribution >= 4 is 28.3 Å². The number of anilines is 2. The van der Waals surface area contributed by atoms with Crippen molar-refractivity contribution in [2.45, 2.75) is 12.1 Å². The van der Waals surface area contributed by atoms with E-state index in [1.807, 2.05) is 24.3 Å². The van der Waals surface area contributed by atoms with Gasteiger partial charge in [0.05, 0.1) is 51.8 Å². The van der Waals surface area contributed by atoms with Crippen molar-refractivity contribution in [3.05, 3.63) is 49.2 Å². The van der Waals surface area contributed by atoms with Gasteiger partial charge in [0.15, 0.2) is 0 Å². The summed E-state index contributed by atoms with van der Waals surface area (Å²) in [4.78, 5) is 21.1. The van der Waals surface area contributed by atoms with Gasteiger partial charge in [0.2, 0.25) is 5.91 Å². The number of aromatic nitrogens is 2. The Morgan fingerprint density at radius 1 is 1.17 bits per heavy atom. The summed E-state index contributed by atoms with van der Waals surface area (Å²) in [6.45, 7) is 4.64. The van der Waals surface area contributed by atoms with Crippen molar-refractivity contribution < 1.29 is 24.1 Å². The average Bonchev–Trinajstić information content (AvgIpc) is 3.32. The predicted octanol–water partition coefficient (Wildman–Crippen LogP) is 2.20. The molecule has 0 spiro atoms. The van der Waals surface area contributed by atoms with Crippen molar-refractivity contribution in [2.75, 3.05) is 51.2 Å². The lowest BCUT2D eigenvalue weighted by molar-refractivity contribution is -0.117. The Morgan fingerprint density at radius 2 is 1.91 bits per heavy atom. The van der Waals surface area contributed by atoms with Crippen molar-refractivity contribution in [2.24, 2.45) is 0 Å². The van der Waals surface area contributed by atoms with Crippen molar-refractivity contribution in [3.8, 4) is 22.8 Å². The summed E-state index contributed by atoms with van der Waals surface area (Å²) in [5.41, 5.74) is 1.52. The van der Waals surface area contributed by atoms with Crippen molar-refractivity contribution in [3.63, 3.8) is 0 Å². The van der Waals surface area contributed by atoms with Gasteiger partial charge in [-0.05, 0) is 30.3 Å². The number of aliphatic hydroxyl groups is 1. The summed E-state index contributed by atoms with van der Waals surface area (Å²) in [6.07, 6.45) is 3.00. The first-order valence-corrected chi connectivity index (χ1v) is 11.2. The normalized spacial score (nSPS) is 17.1. The molecule has 184 valence electrons. The fourth-order valence-electron chi connectivity index (χ4n) is 3.91. The van der Waals surface area contributed by atoms with Crippen LogP contribution in [0.4, 0.5) is 11.6 Å². The molecule has 10 nitrogen and oxygen atoms in total. The number of nitrogens with zero attached hydrogens (tertiary/aromatic N) is 2. The minimum atomic E-state index is -0.250. The van der Waals surface area contributed by atoms with Crippen LogP contribution in [0.25, 0.3) is 22.0 Å². The zero-order chi connectivity index (χ0) is 24.8. The van der Waals surface area contributed by atoms with Gasteiger partial charge < -0.3 is 35.3 Å². The Morgan fingerprint density at radius 3 is 2.60 bits per heavy atom. The number of pyridine rings is 2. The number of aliphatic hydroxyl groups excluding tert-OH is 1. The number of amides is 1. The number of benzene rings is 1. The lowest BCUT2D eigenvalue weighted by Crippen LogP contribution is -2.45. The molecule has 0 saturated carbocycles. The van der Waals surface area contributed by atoms with Crippen molar-refractivity contribution in [1.82, 2.24) is 15.3 Å². The molecule has 0 radical (unpaired) electrons. The molecule has 2 aromatic heterocycles. The van der Waals surface area contributed by atoms with E-state index in [1.165, 1.54) is 6.08 Å². The largest absolute Gasteiger partial charge is 0.497 e. The lowest BCUT2D eigenvalue weighted by Gasteiger charge is -2.20. The molecule has 1 aliphatic heterocycles. The van der Waals surface area contributed by atoms with Gasteiger partial charge in [-0.1, -0.05) is 6.58 Å². The SMILES string of the molecule is C=CC(=O)N[C@H]1COC[C@H]1Nc1cc2c(NCCO)nc(-c3cc(OC)cc(OC)c3)cc2cn1. The molecule has 35 heavy (non-hydrogen) atoms. The van der Waals surface area contributed by atoms with Crippen LogP contribution >= 0.6 is 0 Å². The number of ether oxygens (including phenoxy) is 3. The van der Waals surface area contributed by atoms with Crippen LogP contribution < -0.4 is 25.4 Å². The van der Waals surface area contributed by atoms with Crippen LogP contribution in [0.3, 0.4) is 0 Å². The zero-order valence-corrected chi connectivity index (χ0v) is 19.7. The molecule has 1 aromatic carbocycles. The van der Waals surface area contributed by atoms with E-state index in [0.29, 0.717) is 48.6 Å². The smallest absolute Gasteiger partial charge is 0.243 e. The maximum absolute atomic E-state index is 11.7. The van der Waals surface area contributed by atoms with Gasteiger partial charge in [-0.15, -0.1) is 0 Å². The van der Waals surface area contributed by atoms with E-state index in [9.17, 15) is 9.90 Å². The van der Waals surface area contributed by atoms with Gasteiger partial charge in [-0.3, -0.25) is 4.79 Å². The monoisotopic (exact) mass is 479 g/mol. The third kappa shape index (κ3) is 5.61. The highest BCUT2D eigenvalue weighted by Gasteiger charge is 2.29. The number of nitrogens with one attached hydrogen (secondary N) is 3. The Balaban J connectivity index is 1.68. The van der Waals surface area contributed by atoms with Gasteiger partial charge in [0, 0.05) is 35.1 Å². The van der Waals surface area contributed by atoms with E-state index in [2.05, 4.69) is 27.5 Å². The predicted molar refractivity (Wildman–Crippen MR) is 134 cm³/mol. The number of carbonyl (C=O) groups excluding carboxylic acids is 1. The zero-order valence-electron chi connectivity index (χ0n) is 19.7. The third-order valence-electron chi connectivity index (χ3n) is 5.69. The van der Waals surface area contributed by atoms with E-state index in [4.69, 9.17) is 19.2 Å². The molecule has 4 N–H and O–H groups in total. The molecule has 1 amide bonds. The number of hydrogen-bond acceptors (Lipinski definition) is 9. The maximum atomic E-state index is 11.7. The molecular formula is C25H29N5O5. The fraction of sp³-hybridized carbons (Fsp3) is 0.320. The minimum absolute atomic E-state index is 0.0410. The highest BCUT2D eigenvalue weighted by atomic mass is 16.5. The van der Waals surface area contributed by atoms with Gasteiger partial charge in [0.1, 0.15) is 23.1 Å². The van der Waals surface area contributed by atoms with E-state index in [0.717, 1.165) is 16.3 Å². The van der Waals surface area contributed by atoms with Gasteiger partial charge in [0.25, 0.3) is 0 Å². The highest BCUT2D eigenvalue weighted by Crippen LogP contribution is 2.33. The Labute approximate surface area is 203 Å². The van der Waals surface area contributed by atoms with Gasteiger partial charge in [-0.2, -0.15) is 0 Å². The number of carbonyl (C=O) groups is 1. The third-order valence-corrected chi connectivity index (χ3v) is 5.69. The molecular weight excluding hydrogens is 450 g/mol. The molecule has 3 aromatic rings. The van der Waals surface area contributed by atoms with Gasteiger partial charge >= 0.3 is 0 Å². The Kier molecular flexibility index (Phi) is 7.64. The lowest BCUT2D eigenvalue weighted by atomic mass is 10.1. The first kappa shape index (κ1) is 24.2. The minimum Gasteiger partial charge on any atom is -0.497 e. The molecule has 3 heterocycles. The number of methoxy groups -OCH3 is 2. The average molecular weight is 480 g/mol. The number of hydrogen-bond donors (Lipinski definition) is 4. The van der Waals surface area contributed by atoms with Crippen LogP contribution in [0.2, 0.25) is 0 Å². The molecule has 1 aliphatic rings. The summed E-state index contributed by atoms with van der Waals surface area (Å²) < 4.78 is 16.3. The van der Waals surface area contributed by atoms with Gasteiger partial charge in [-0.25, -0.2) is 9.97 Å². The summed E-state index contributed by atoms with van der Waals surface area (Å²) in [5, 5.41) is 20.5. The molecule has 1 fully saturated rings. The van der Waals surface area contributed by atoms with Crippen LogP contribution in [-0.2, 0) is 9.53 Å². The summed E-state index contributed by atoms with van der Waals surface area (Å²) in [6, 6.07) is 9.05. The van der Waals surface area contributed by atoms with Crippen LogP contribution in [-0.4, -0.2) is 73.7 Å². The van der Waals surface area contributed by atoms with Crippen molar-refractivity contribution in [1.29, 1.82) is 0 Å². The summed E-state index contributed by atoms with van der Waals surface area (Å²) in [7, 11) is 3.20. The molecule has 0 unspecified atom stereocenters. The van der Waals surface area contributed by atoms with E-state index in [-0.39, 0.29) is 24.6 Å². The second-order valence-electron chi connectivity index (χ2n) is 8.01. The first-order valence-electron chi connectivity index (χ1n) is 11.2. The Bertz CT molecular complexity index is 1200. The van der Waals surface area contributed by atoms with Crippen LogP contribution in [0, 0.1) is 0 Å². The van der Waals surface area contributed by atoms with Crippen LogP contribution in [0.1, 0.15) is 0 Å². The number of rotatable bonds is 10. The molecule has 10 heteroatoms. The fourth-order valence-corrected chi connectivity index (χ4v) is 3.91. The summed E-state index contributed by atoms with van der Waals surface area (Å²) in [5.74, 6) is 2.29. The van der Waals surface area contributed by atoms with Crippen LogP contribution in [0.5, 0.6) is 11.5 Å². The van der Waals surface area contributed by atoms with E-state index >= 15 is 0 Å².